The number of hydrogen-bond acceptors (Lipinski definition) is 5. The molecular weight excluding hydrogens is 361 g/mol. The Morgan fingerprint density at radius 2 is 2.21 bits per heavy atom. The van der Waals surface area contributed by atoms with Gasteiger partial charge in [0.15, 0.2) is 5.69 Å². The Morgan fingerprint density at radius 3 is 2.89 bits per heavy atom. The Bertz CT molecular complexity index is 625. The summed E-state index contributed by atoms with van der Waals surface area (Å²) in [5.74, 6) is -0.515. The molecule has 19 heavy (non-hydrogen) atoms. The minimum absolute atomic E-state index is 0.0531. The molecule has 1 aromatic carbocycles. The quantitative estimate of drug-likeness (QED) is 0.637. The van der Waals surface area contributed by atoms with Crippen LogP contribution in [0.4, 0.5) is 0 Å². The lowest BCUT2D eigenvalue weighted by Gasteiger charge is -2.06. The summed E-state index contributed by atoms with van der Waals surface area (Å²) in [6, 6.07) is 3.38. The van der Waals surface area contributed by atoms with Crippen LogP contribution in [-0.2, 0) is 4.74 Å². The van der Waals surface area contributed by atoms with Gasteiger partial charge in [-0.05, 0) is 54.1 Å². The van der Waals surface area contributed by atoms with Crippen LogP contribution in [0.3, 0.4) is 0 Å². The molecule has 6 nitrogen and oxygen atoms in total. The molecule has 0 fully saturated rings. The molecule has 100 valence electrons. The highest BCUT2D eigenvalue weighted by Gasteiger charge is 2.21. The highest BCUT2D eigenvalue weighted by molar-refractivity contribution is 14.1. The number of aromatic hydroxyl groups is 1. The number of carbonyl (C=O) groups excluding carboxylic acids is 1. The maximum atomic E-state index is 11.7. The van der Waals surface area contributed by atoms with Gasteiger partial charge in [-0.3, -0.25) is 0 Å². The number of benzene rings is 1. The van der Waals surface area contributed by atoms with Gasteiger partial charge in [-0.25, -0.2) is 4.79 Å². The fourth-order valence-electron chi connectivity index (χ4n) is 1.62. The first-order chi connectivity index (χ1) is 9.04. The summed E-state index contributed by atoms with van der Waals surface area (Å²) in [6.07, 6.45) is 0. The Labute approximate surface area is 123 Å². The Kier molecular flexibility index (Phi) is 4.03. The first-order valence-electron chi connectivity index (χ1n) is 5.62. The van der Waals surface area contributed by atoms with Gasteiger partial charge in [-0.2, -0.15) is 10.3 Å². The Morgan fingerprint density at radius 1 is 1.47 bits per heavy atom. The predicted molar refractivity (Wildman–Crippen MR) is 76.9 cm³/mol. The largest absolute Gasteiger partial charge is 0.507 e. The van der Waals surface area contributed by atoms with Crippen molar-refractivity contribution in [3.8, 4) is 17.0 Å². The molecule has 0 atom stereocenters. The SMILES string of the molecule is CCOC(=O)c1n[nH]nc1-c1cc(I)c(C)cc1O. The third kappa shape index (κ3) is 2.70. The molecule has 2 aromatic rings. The number of aromatic amines is 1. The van der Waals surface area contributed by atoms with Gasteiger partial charge in [0, 0.05) is 9.13 Å². The van der Waals surface area contributed by atoms with Gasteiger partial charge in [0.25, 0.3) is 0 Å². The van der Waals surface area contributed by atoms with E-state index in [0.29, 0.717) is 5.56 Å². The van der Waals surface area contributed by atoms with Crippen molar-refractivity contribution in [3.63, 3.8) is 0 Å². The standard InChI is InChI=1S/C12H12IN3O3/c1-3-19-12(18)11-10(14-16-15-11)7-5-8(13)6(2)4-9(7)17/h4-5,17H,3H2,1-2H3,(H,14,15,16). The van der Waals surface area contributed by atoms with Crippen molar-refractivity contribution in [2.75, 3.05) is 6.61 Å². The number of aryl methyl sites for hydroxylation is 1. The Hall–Kier alpha value is -1.64. The van der Waals surface area contributed by atoms with E-state index < -0.39 is 5.97 Å². The molecule has 1 aromatic heterocycles. The van der Waals surface area contributed by atoms with Gasteiger partial charge in [-0.15, -0.1) is 5.10 Å². The van der Waals surface area contributed by atoms with E-state index in [1.165, 1.54) is 0 Å². The van der Waals surface area contributed by atoms with Crippen molar-refractivity contribution in [1.29, 1.82) is 0 Å². The summed E-state index contributed by atoms with van der Waals surface area (Å²) in [6.45, 7) is 3.85. The van der Waals surface area contributed by atoms with E-state index in [-0.39, 0.29) is 23.7 Å². The van der Waals surface area contributed by atoms with Crippen LogP contribution < -0.4 is 0 Å². The molecule has 0 saturated heterocycles. The topological polar surface area (TPSA) is 88.1 Å². The first-order valence-corrected chi connectivity index (χ1v) is 6.69. The summed E-state index contributed by atoms with van der Waals surface area (Å²) in [7, 11) is 0. The molecule has 0 unspecified atom stereocenters. The number of phenolic OH excluding ortho intramolecular Hbond substituents is 1. The van der Waals surface area contributed by atoms with Crippen molar-refractivity contribution in [2.45, 2.75) is 13.8 Å². The van der Waals surface area contributed by atoms with Crippen LogP contribution in [-0.4, -0.2) is 33.1 Å². The molecule has 0 aliphatic carbocycles. The number of H-pyrrole nitrogens is 1. The van der Waals surface area contributed by atoms with E-state index in [0.717, 1.165) is 9.13 Å². The number of aromatic nitrogens is 3. The zero-order chi connectivity index (χ0) is 14.0. The number of rotatable bonds is 3. The predicted octanol–water partition coefficient (Wildman–Crippen LogP) is 2.27. The van der Waals surface area contributed by atoms with E-state index in [9.17, 15) is 9.90 Å². The molecule has 0 radical (unpaired) electrons. The monoisotopic (exact) mass is 373 g/mol. The molecule has 2 rings (SSSR count). The lowest BCUT2D eigenvalue weighted by Crippen LogP contribution is -2.07. The lowest BCUT2D eigenvalue weighted by atomic mass is 10.1. The average molecular weight is 373 g/mol. The van der Waals surface area contributed by atoms with Crippen LogP contribution in [0.2, 0.25) is 0 Å². The van der Waals surface area contributed by atoms with Gasteiger partial charge in [-0.1, -0.05) is 0 Å². The van der Waals surface area contributed by atoms with Crippen molar-refractivity contribution < 1.29 is 14.6 Å². The maximum absolute atomic E-state index is 11.7. The third-order valence-corrected chi connectivity index (χ3v) is 3.71. The molecule has 0 spiro atoms. The molecular formula is C12H12IN3O3. The van der Waals surface area contributed by atoms with Crippen LogP contribution in [0.25, 0.3) is 11.3 Å². The Balaban J connectivity index is 2.51. The zero-order valence-corrected chi connectivity index (χ0v) is 12.6. The second kappa shape index (κ2) is 5.55. The minimum atomic E-state index is -0.568. The summed E-state index contributed by atoms with van der Waals surface area (Å²) >= 11 is 2.15. The summed E-state index contributed by atoms with van der Waals surface area (Å²) < 4.78 is 5.86. The average Bonchev–Trinajstić information content (AvgIpc) is 2.83. The molecule has 1 heterocycles. The van der Waals surface area contributed by atoms with E-state index >= 15 is 0 Å². The van der Waals surface area contributed by atoms with Gasteiger partial charge >= 0.3 is 5.97 Å². The number of halogens is 1. The van der Waals surface area contributed by atoms with Gasteiger partial charge in [0.1, 0.15) is 11.4 Å². The number of phenols is 1. The van der Waals surface area contributed by atoms with Crippen LogP contribution in [0.1, 0.15) is 23.0 Å². The molecule has 0 aliphatic heterocycles. The maximum Gasteiger partial charge on any atom is 0.361 e. The second-order valence-corrected chi connectivity index (χ2v) is 5.02. The van der Waals surface area contributed by atoms with Gasteiger partial charge in [0.2, 0.25) is 0 Å². The summed E-state index contributed by atoms with van der Waals surface area (Å²) in [5.41, 5.74) is 1.75. The fraction of sp³-hybridized carbons (Fsp3) is 0.250. The van der Waals surface area contributed by atoms with Crippen molar-refractivity contribution in [3.05, 3.63) is 27.0 Å². The van der Waals surface area contributed by atoms with E-state index in [1.807, 2.05) is 6.92 Å². The second-order valence-electron chi connectivity index (χ2n) is 3.86. The third-order valence-electron chi connectivity index (χ3n) is 2.55. The molecule has 0 amide bonds. The highest BCUT2D eigenvalue weighted by Crippen LogP contribution is 2.32. The molecule has 0 bridgehead atoms. The van der Waals surface area contributed by atoms with E-state index in [4.69, 9.17) is 4.74 Å². The molecule has 0 saturated carbocycles. The van der Waals surface area contributed by atoms with Crippen molar-refractivity contribution in [1.82, 2.24) is 15.4 Å². The smallest absolute Gasteiger partial charge is 0.361 e. The lowest BCUT2D eigenvalue weighted by molar-refractivity contribution is 0.0520. The number of hydrogen-bond donors (Lipinski definition) is 2. The fourth-order valence-corrected chi connectivity index (χ4v) is 2.08. The molecule has 2 N–H and O–H groups in total. The van der Waals surface area contributed by atoms with Crippen LogP contribution in [0, 0.1) is 10.5 Å². The van der Waals surface area contributed by atoms with Gasteiger partial charge in [0.05, 0.1) is 6.61 Å². The first kappa shape index (κ1) is 13.8. The molecule has 0 aliphatic rings. The van der Waals surface area contributed by atoms with Crippen molar-refractivity contribution in [2.24, 2.45) is 0 Å². The highest BCUT2D eigenvalue weighted by atomic mass is 127. The zero-order valence-electron chi connectivity index (χ0n) is 10.4. The van der Waals surface area contributed by atoms with Crippen LogP contribution >= 0.6 is 22.6 Å². The normalized spacial score (nSPS) is 10.5. The number of nitrogens with one attached hydrogen (secondary N) is 1. The summed E-state index contributed by atoms with van der Waals surface area (Å²) in [5, 5.41) is 20.1. The number of carbonyl (C=O) groups is 1. The number of esters is 1. The molecule has 7 heteroatoms. The van der Waals surface area contributed by atoms with Crippen LogP contribution in [0.15, 0.2) is 12.1 Å². The minimum Gasteiger partial charge on any atom is -0.507 e. The summed E-state index contributed by atoms with van der Waals surface area (Å²) in [4.78, 5) is 11.7. The van der Waals surface area contributed by atoms with Crippen LogP contribution in [0.5, 0.6) is 5.75 Å². The van der Waals surface area contributed by atoms with Crippen molar-refractivity contribution >= 4 is 28.6 Å². The number of ether oxygens (including phenoxy) is 1. The number of nitrogens with zero attached hydrogens (tertiary/aromatic N) is 2. The van der Waals surface area contributed by atoms with Gasteiger partial charge < -0.3 is 9.84 Å². The van der Waals surface area contributed by atoms with E-state index in [1.54, 1.807) is 19.1 Å². The van der Waals surface area contributed by atoms with E-state index in [2.05, 4.69) is 38.0 Å².